The zero-order valence-corrected chi connectivity index (χ0v) is 14.3. The highest BCUT2D eigenvalue weighted by Crippen LogP contribution is 2.28. The molecule has 0 aliphatic heterocycles. The van der Waals surface area contributed by atoms with Crippen molar-refractivity contribution in [1.29, 1.82) is 0 Å². The molecule has 0 aliphatic carbocycles. The van der Waals surface area contributed by atoms with E-state index in [0.29, 0.717) is 11.5 Å². The number of aromatic nitrogens is 4. The van der Waals surface area contributed by atoms with Gasteiger partial charge in [0.25, 0.3) is 0 Å². The van der Waals surface area contributed by atoms with Gasteiger partial charge in [-0.25, -0.2) is 18.4 Å². The molecule has 0 fully saturated rings. The minimum Gasteiger partial charge on any atom is -0.324 e. The summed E-state index contributed by atoms with van der Waals surface area (Å²) in [5.41, 5.74) is 3.62. The van der Waals surface area contributed by atoms with E-state index in [1.54, 1.807) is 25.3 Å². The third-order valence-electron chi connectivity index (χ3n) is 3.83. The average molecular weight is 330 g/mol. The van der Waals surface area contributed by atoms with Crippen molar-refractivity contribution >= 4 is 20.9 Å². The number of hydrogen-bond donors (Lipinski definition) is 0. The van der Waals surface area contributed by atoms with Crippen molar-refractivity contribution in [1.82, 2.24) is 19.5 Å². The van der Waals surface area contributed by atoms with Crippen molar-refractivity contribution in [2.45, 2.75) is 25.7 Å². The van der Waals surface area contributed by atoms with E-state index in [4.69, 9.17) is 0 Å². The smallest absolute Gasteiger partial charge is 0.180 e. The molecule has 0 atom stereocenters. The molecule has 3 aromatic rings. The van der Waals surface area contributed by atoms with E-state index in [0.717, 1.165) is 22.4 Å². The molecular weight excluding hydrogens is 312 g/mol. The average Bonchev–Trinajstić information content (AvgIpc) is 2.83. The van der Waals surface area contributed by atoms with Crippen LogP contribution < -0.4 is 0 Å². The van der Waals surface area contributed by atoms with Gasteiger partial charge in [0.1, 0.15) is 5.69 Å². The molecule has 0 spiro atoms. The summed E-state index contributed by atoms with van der Waals surface area (Å²) in [6, 6.07) is 5.20. The lowest BCUT2D eigenvalue weighted by Crippen LogP contribution is -2.09. The minimum atomic E-state index is -3.39. The van der Waals surface area contributed by atoms with Crippen LogP contribution in [0, 0.1) is 13.8 Å². The highest BCUT2D eigenvalue weighted by molar-refractivity contribution is 7.91. The Hall–Kier alpha value is -2.28. The van der Waals surface area contributed by atoms with Crippen LogP contribution in [-0.4, -0.2) is 33.7 Å². The molecule has 0 aromatic carbocycles. The zero-order valence-electron chi connectivity index (χ0n) is 13.5. The molecule has 0 saturated carbocycles. The van der Waals surface area contributed by atoms with E-state index >= 15 is 0 Å². The monoisotopic (exact) mass is 330 g/mol. The molecule has 120 valence electrons. The van der Waals surface area contributed by atoms with Crippen molar-refractivity contribution in [3.05, 3.63) is 35.8 Å². The standard InChI is InChI=1S/C16H18N4O2S/c1-5-23(21,22)14-7-6-10(2)18-15(14)16-19-12-8-11(3)17-9-13(12)20(16)4/h6-9H,5H2,1-4H3. The Kier molecular flexibility index (Phi) is 3.68. The second kappa shape index (κ2) is 5.42. The molecular formula is C16H18N4O2S. The molecule has 23 heavy (non-hydrogen) atoms. The van der Waals surface area contributed by atoms with Gasteiger partial charge in [-0.05, 0) is 32.0 Å². The predicted molar refractivity (Wildman–Crippen MR) is 88.9 cm³/mol. The summed E-state index contributed by atoms with van der Waals surface area (Å²) in [5.74, 6) is 0.554. The van der Waals surface area contributed by atoms with Crippen LogP contribution in [0.5, 0.6) is 0 Å². The van der Waals surface area contributed by atoms with Gasteiger partial charge in [0, 0.05) is 18.4 Å². The van der Waals surface area contributed by atoms with Gasteiger partial charge < -0.3 is 4.57 Å². The van der Waals surface area contributed by atoms with Crippen molar-refractivity contribution in [2.24, 2.45) is 7.05 Å². The molecule has 0 aliphatic rings. The van der Waals surface area contributed by atoms with Gasteiger partial charge in [0.2, 0.25) is 0 Å². The van der Waals surface area contributed by atoms with E-state index in [-0.39, 0.29) is 10.6 Å². The third kappa shape index (κ3) is 2.61. The molecule has 0 saturated heterocycles. The third-order valence-corrected chi connectivity index (χ3v) is 5.59. The summed E-state index contributed by atoms with van der Waals surface area (Å²) in [4.78, 5) is 13.5. The Morgan fingerprint density at radius 2 is 1.87 bits per heavy atom. The van der Waals surface area contributed by atoms with Gasteiger partial charge in [-0.1, -0.05) is 6.92 Å². The first kappa shape index (κ1) is 15.6. The second-order valence-corrected chi connectivity index (χ2v) is 7.76. The molecule has 3 heterocycles. The maximum absolute atomic E-state index is 12.4. The number of imidazole rings is 1. The Bertz CT molecular complexity index is 1010. The van der Waals surface area contributed by atoms with E-state index in [9.17, 15) is 8.42 Å². The zero-order chi connectivity index (χ0) is 16.8. The summed E-state index contributed by atoms with van der Waals surface area (Å²) in [6.45, 7) is 5.35. The minimum absolute atomic E-state index is 0.0232. The molecule has 0 radical (unpaired) electrons. The normalized spacial score (nSPS) is 12.0. The lowest BCUT2D eigenvalue weighted by atomic mass is 10.3. The molecule has 0 unspecified atom stereocenters. The Morgan fingerprint density at radius 3 is 2.57 bits per heavy atom. The molecule has 3 rings (SSSR count). The van der Waals surface area contributed by atoms with Crippen LogP contribution in [0.25, 0.3) is 22.6 Å². The first-order valence-corrected chi connectivity index (χ1v) is 8.98. The van der Waals surface area contributed by atoms with Crippen molar-refractivity contribution in [2.75, 3.05) is 5.75 Å². The summed E-state index contributed by atoms with van der Waals surface area (Å²) >= 11 is 0. The quantitative estimate of drug-likeness (QED) is 0.737. The first-order valence-electron chi connectivity index (χ1n) is 7.33. The summed E-state index contributed by atoms with van der Waals surface area (Å²) in [5, 5.41) is 0. The van der Waals surface area contributed by atoms with Gasteiger partial charge >= 0.3 is 0 Å². The van der Waals surface area contributed by atoms with Gasteiger partial charge in [-0.2, -0.15) is 0 Å². The molecule has 6 nitrogen and oxygen atoms in total. The summed E-state index contributed by atoms with van der Waals surface area (Å²) in [7, 11) is -1.55. The van der Waals surface area contributed by atoms with E-state index in [1.807, 2.05) is 31.5 Å². The fraction of sp³-hybridized carbons (Fsp3) is 0.312. The van der Waals surface area contributed by atoms with E-state index in [1.165, 1.54) is 0 Å². The molecule has 0 bridgehead atoms. The number of aryl methyl sites for hydroxylation is 3. The largest absolute Gasteiger partial charge is 0.324 e. The van der Waals surface area contributed by atoms with Gasteiger partial charge in [-0.3, -0.25) is 4.98 Å². The lowest BCUT2D eigenvalue weighted by molar-refractivity contribution is 0.597. The summed E-state index contributed by atoms with van der Waals surface area (Å²) < 4.78 is 26.6. The molecule has 3 aromatic heterocycles. The van der Waals surface area contributed by atoms with Crippen LogP contribution in [0.1, 0.15) is 18.3 Å². The Labute approximate surface area is 135 Å². The van der Waals surface area contributed by atoms with E-state index in [2.05, 4.69) is 15.0 Å². The van der Waals surface area contributed by atoms with Gasteiger partial charge in [-0.15, -0.1) is 0 Å². The number of hydrogen-bond acceptors (Lipinski definition) is 5. The Morgan fingerprint density at radius 1 is 1.13 bits per heavy atom. The number of fused-ring (bicyclic) bond motifs is 1. The highest BCUT2D eigenvalue weighted by Gasteiger charge is 2.23. The SMILES string of the molecule is CCS(=O)(=O)c1ccc(C)nc1-c1nc2cc(C)ncc2n1C. The molecule has 0 N–H and O–H groups in total. The van der Waals surface area contributed by atoms with Crippen LogP contribution >= 0.6 is 0 Å². The Balaban J connectivity index is 2.35. The predicted octanol–water partition coefficient (Wildman–Crippen LogP) is 2.44. The van der Waals surface area contributed by atoms with Gasteiger partial charge in [0.05, 0.1) is 27.9 Å². The summed E-state index contributed by atoms with van der Waals surface area (Å²) in [6.07, 6.45) is 1.74. The topological polar surface area (TPSA) is 77.7 Å². The van der Waals surface area contributed by atoms with Crippen LogP contribution in [-0.2, 0) is 16.9 Å². The maximum atomic E-state index is 12.4. The number of rotatable bonds is 3. The van der Waals surface area contributed by atoms with Crippen LogP contribution in [0.15, 0.2) is 29.3 Å². The molecule has 7 heteroatoms. The van der Waals surface area contributed by atoms with Crippen LogP contribution in [0.4, 0.5) is 0 Å². The molecule has 0 amide bonds. The number of sulfone groups is 1. The van der Waals surface area contributed by atoms with Crippen LogP contribution in [0.3, 0.4) is 0 Å². The lowest BCUT2D eigenvalue weighted by Gasteiger charge is -2.09. The van der Waals surface area contributed by atoms with Gasteiger partial charge in [0.15, 0.2) is 15.7 Å². The first-order chi connectivity index (χ1) is 10.8. The van der Waals surface area contributed by atoms with Crippen molar-refractivity contribution in [3.63, 3.8) is 0 Å². The highest BCUT2D eigenvalue weighted by atomic mass is 32.2. The van der Waals surface area contributed by atoms with Crippen molar-refractivity contribution in [3.8, 4) is 11.5 Å². The van der Waals surface area contributed by atoms with E-state index < -0.39 is 9.84 Å². The second-order valence-electron chi connectivity index (χ2n) is 5.51. The van der Waals surface area contributed by atoms with Crippen LogP contribution in [0.2, 0.25) is 0 Å². The maximum Gasteiger partial charge on any atom is 0.180 e. The number of nitrogens with zero attached hydrogens (tertiary/aromatic N) is 4. The fourth-order valence-corrected chi connectivity index (χ4v) is 3.53. The fourth-order valence-electron chi connectivity index (χ4n) is 2.51. The number of pyridine rings is 2. The van der Waals surface area contributed by atoms with Crippen molar-refractivity contribution < 1.29 is 8.42 Å².